The van der Waals surface area contributed by atoms with Crippen LogP contribution in [0.25, 0.3) is 66.4 Å². The Morgan fingerprint density at radius 1 is 0.361 bits per heavy atom. The highest BCUT2D eigenvalue weighted by atomic mass is 16.3. The minimum atomic E-state index is -0.0766. The first-order valence-electron chi connectivity index (χ1n) is 25.2. The van der Waals surface area contributed by atoms with E-state index in [9.17, 15) is 0 Å². The van der Waals surface area contributed by atoms with Gasteiger partial charge in [-0.2, -0.15) is 0 Å². The van der Waals surface area contributed by atoms with E-state index in [0.29, 0.717) is 0 Å². The van der Waals surface area contributed by atoms with Crippen LogP contribution in [0.4, 0.5) is 34.1 Å². The molecule has 348 valence electrons. The third-order valence-corrected chi connectivity index (χ3v) is 15.2. The quantitative estimate of drug-likeness (QED) is 0.156. The van der Waals surface area contributed by atoms with E-state index in [1.54, 1.807) is 12.5 Å². The monoisotopic (exact) mass is 930 g/mol. The normalized spacial score (nSPS) is 13.1. The first-order valence-corrected chi connectivity index (χ1v) is 25.2. The SMILES string of the molecule is Cc1cc2c3c(c1)N(c1ccc(-c4ccc5ccoc5c4)cc1-c1ccccc1)c1ccc(C(C)(C)C)cc1B3c1cc(C(C)(C)C)ccc1N2c1ccc(-c2ccc3ccoc3c2)cc1-c1ccccc1. The Bertz CT molecular complexity index is 3670. The number of hydrogen-bond acceptors (Lipinski definition) is 4. The summed E-state index contributed by atoms with van der Waals surface area (Å²) >= 11 is 0. The third-order valence-electron chi connectivity index (χ3n) is 15.2. The van der Waals surface area contributed by atoms with Crippen molar-refractivity contribution in [3.05, 3.63) is 223 Å². The maximum atomic E-state index is 5.92. The summed E-state index contributed by atoms with van der Waals surface area (Å²) in [5.74, 6) is 0. The average Bonchev–Trinajstić information content (AvgIpc) is 4.08. The molecule has 72 heavy (non-hydrogen) atoms. The van der Waals surface area contributed by atoms with Gasteiger partial charge in [0.05, 0.1) is 23.9 Å². The van der Waals surface area contributed by atoms with Crippen LogP contribution in [0, 0.1) is 6.92 Å². The molecule has 0 radical (unpaired) electrons. The Labute approximate surface area is 422 Å². The van der Waals surface area contributed by atoms with Crippen LogP contribution in [0.1, 0.15) is 58.2 Å². The predicted molar refractivity (Wildman–Crippen MR) is 304 cm³/mol. The van der Waals surface area contributed by atoms with E-state index >= 15 is 0 Å². The summed E-state index contributed by atoms with van der Waals surface area (Å²) in [7, 11) is 0. The Hall–Kier alpha value is -8.28. The highest BCUT2D eigenvalue weighted by molar-refractivity contribution is 7.00. The predicted octanol–water partition coefficient (Wildman–Crippen LogP) is 16.8. The standard InChI is InChI=1S/C67H55BN2O2/c1-42-34-61-65-62(35-42)70(58-27-23-48(37-54(58)44-16-12-9-13-17-44)50-21-19-46-31-33-72-64(46)39-50)60-29-25-52(67(5,6)7)41-56(60)68(65)55-40-51(66(2,3)4)24-28-59(55)69(61)57-26-22-47(36-53(57)43-14-10-8-11-15-43)49-20-18-45-30-32-71-63(45)38-49/h8-41H,1-7H3. The van der Waals surface area contributed by atoms with Crippen molar-refractivity contribution in [3.8, 4) is 44.5 Å². The van der Waals surface area contributed by atoms with E-state index in [-0.39, 0.29) is 17.5 Å². The summed E-state index contributed by atoms with van der Waals surface area (Å²) in [5.41, 5.74) is 25.5. The smallest absolute Gasteiger partial charge is 0.252 e. The summed E-state index contributed by atoms with van der Waals surface area (Å²) in [5, 5.41) is 2.20. The minimum Gasteiger partial charge on any atom is -0.464 e. The minimum absolute atomic E-state index is 0.0448. The van der Waals surface area contributed by atoms with Crippen LogP contribution in [-0.2, 0) is 10.8 Å². The Morgan fingerprint density at radius 2 is 0.764 bits per heavy atom. The maximum Gasteiger partial charge on any atom is 0.252 e. The zero-order valence-electron chi connectivity index (χ0n) is 41.9. The zero-order valence-corrected chi connectivity index (χ0v) is 41.9. The molecule has 0 spiro atoms. The van der Waals surface area contributed by atoms with Gasteiger partial charge in [-0.15, -0.1) is 0 Å². The molecule has 0 unspecified atom stereocenters. The van der Waals surface area contributed by atoms with Crippen LogP contribution >= 0.6 is 0 Å². The van der Waals surface area contributed by atoms with Crippen molar-refractivity contribution in [1.82, 2.24) is 0 Å². The van der Waals surface area contributed by atoms with Crippen molar-refractivity contribution in [1.29, 1.82) is 0 Å². The molecule has 0 saturated carbocycles. The fourth-order valence-electron chi connectivity index (χ4n) is 11.4. The number of rotatable bonds is 6. The number of fused-ring (bicyclic) bond motifs is 6. The highest BCUT2D eigenvalue weighted by Crippen LogP contribution is 2.50. The summed E-state index contributed by atoms with van der Waals surface area (Å²) < 4.78 is 11.8. The molecule has 0 saturated heterocycles. The molecular weight excluding hydrogens is 876 g/mol. The van der Waals surface area contributed by atoms with Gasteiger partial charge in [0.1, 0.15) is 11.2 Å². The summed E-state index contributed by atoms with van der Waals surface area (Å²) in [6.45, 7) is 16.2. The van der Waals surface area contributed by atoms with Crippen LogP contribution in [0.5, 0.6) is 0 Å². The highest BCUT2D eigenvalue weighted by Gasteiger charge is 2.45. The molecular formula is C67H55BN2O2. The Kier molecular flexibility index (Phi) is 9.96. The fourth-order valence-corrected chi connectivity index (χ4v) is 11.4. The lowest BCUT2D eigenvalue weighted by Gasteiger charge is -2.45. The molecule has 5 heteroatoms. The van der Waals surface area contributed by atoms with E-state index < -0.39 is 0 Å². The van der Waals surface area contributed by atoms with Gasteiger partial charge >= 0.3 is 0 Å². The van der Waals surface area contributed by atoms with Crippen molar-refractivity contribution in [2.75, 3.05) is 9.80 Å². The molecule has 0 amide bonds. The molecule has 2 aromatic heterocycles. The first kappa shape index (κ1) is 43.7. The van der Waals surface area contributed by atoms with Gasteiger partial charge in [0, 0.05) is 44.6 Å². The maximum absolute atomic E-state index is 5.92. The lowest BCUT2D eigenvalue weighted by atomic mass is 9.33. The Morgan fingerprint density at radius 3 is 1.19 bits per heavy atom. The van der Waals surface area contributed by atoms with Crippen LogP contribution in [0.3, 0.4) is 0 Å². The van der Waals surface area contributed by atoms with E-state index in [1.165, 1.54) is 55.8 Å². The molecule has 2 aliphatic rings. The number of furan rings is 2. The number of benzene rings is 9. The molecule has 4 heterocycles. The molecule has 0 bridgehead atoms. The van der Waals surface area contributed by atoms with Crippen molar-refractivity contribution in [3.63, 3.8) is 0 Å². The van der Waals surface area contributed by atoms with Crippen molar-refractivity contribution in [2.24, 2.45) is 0 Å². The first-order chi connectivity index (χ1) is 34.9. The zero-order chi connectivity index (χ0) is 49.0. The van der Waals surface area contributed by atoms with E-state index in [2.05, 4.69) is 240 Å². The van der Waals surface area contributed by atoms with Gasteiger partial charge in [0.2, 0.25) is 0 Å². The van der Waals surface area contributed by atoms with Gasteiger partial charge < -0.3 is 18.6 Å². The molecule has 11 aromatic rings. The number of anilines is 6. The van der Waals surface area contributed by atoms with Crippen molar-refractivity contribution >= 4 is 79.2 Å². The molecule has 0 fully saturated rings. The molecule has 13 rings (SSSR count). The number of nitrogens with zero attached hydrogens (tertiary/aromatic N) is 2. The van der Waals surface area contributed by atoms with Crippen LogP contribution in [0.15, 0.2) is 215 Å². The van der Waals surface area contributed by atoms with E-state index in [4.69, 9.17) is 8.83 Å². The Balaban J connectivity index is 1.10. The van der Waals surface area contributed by atoms with Gasteiger partial charge in [-0.3, -0.25) is 0 Å². The summed E-state index contributed by atoms with van der Waals surface area (Å²) in [6.07, 6.45) is 3.54. The largest absolute Gasteiger partial charge is 0.464 e. The fraction of sp³-hybridized carbons (Fsp3) is 0.134. The summed E-state index contributed by atoms with van der Waals surface area (Å²) in [6, 6.07) is 72.4. The summed E-state index contributed by atoms with van der Waals surface area (Å²) in [4.78, 5) is 5.16. The average molecular weight is 931 g/mol. The number of aryl methyl sites for hydroxylation is 1. The van der Waals surface area contributed by atoms with Gasteiger partial charge in [-0.05, 0) is 157 Å². The molecule has 0 atom stereocenters. The van der Waals surface area contributed by atoms with Crippen LogP contribution < -0.4 is 26.2 Å². The lowest BCUT2D eigenvalue weighted by Crippen LogP contribution is -2.61. The number of hydrogen-bond donors (Lipinski definition) is 0. The molecule has 9 aromatic carbocycles. The lowest BCUT2D eigenvalue weighted by molar-refractivity contribution is 0.590. The van der Waals surface area contributed by atoms with E-state index in [0.717, 1.165) is 77.8 Å². The van der Waals surface area contributed by atoms with Gasteiger partial charge in [-0.25, -0.2) is 0 Å². The van der Waals surface area contributed by atoms with E-state index in [1.807, 2.05) is 12.1 Å². The molecule has 0 aliphatic carbocycles. The van der Waals surface area contributed by atoms with Crippen molar-refractivity contribution < 1.29 is 8.83 Å². The van der Waals surface area contributed by atoms with Gasteiger partial charge in [0.25, 0.3) is 6.71 Å². The second-order valence-electron chi connectivity index (χ2n) is 21.9. The van der Waals surface area contributed by atoms with Crippen LogP contribution in [-0.4, -0.2) is 6.71 Å². The van der Waals surface area contributed by atoms with Crippen LogP contribution in [0.2, 0.25) is 0 Å². The van der Waals surface area contributed by atoms with Gasteiger partial charge in [0.15, 0.2) is 0 Å². The third kappa shape index (κ3) is 7.21. The molecule has 0 N–H and O–H groups in total. The van der Waals surface area contributed by atoms with Gasteiger partial charge in [-0.1, -0.05) is 163 Å². The second kappa shape index (κ2) is 16.4. The van der Waals surface area contributed by atoms with Crippen molar-refractivity contribution in [2.45, 2.75) is 59.3 Å². The topological polar surface area (TPSA) is 32.8 Å². The second-order valence-corrected chi connectivity index (χ2v) is 21.9. The molecule has 2 aliphatic heterocycles. The molecule has 4 nitrogen and oxygen atoms in total.